The van der Waals surface area contributed by atoms with Crippen molar-refractivity contribution in [3.63, 3.8) is 0 Å². The van der Waals surface area contributed by atoms with Gasteiger partial charge in [0.05, 0.1) is 11.4 Å². The summed E-state index contributed by atoms with van der Waals surface area (Å²) in [6.45, 7) is 8.67. The average Bonchev–Trinajstić information content (AvgIpc) is 3.10. The van der Waals surface area contributed by atoms with Gasteiger partial charge in [0.2, 0.25) is 5.91 Å². The Hall–Kier alpha value is -2.49. The molecule has 0 aliphatic carbocycles. The number of imide groups is 1. The average molecular weight is 444 g/mol. The van der Waals surface area contributed by atoms with Crippen LogP contribution in [0, 0.1) is 0 Å². The zero-order chi connectivity index (χ0) is 22.6. The number of carbonyl (C=O) groups is 2. The predicted octanol–water partition coefficient (Wildman–Crippen LogP) is 3.01. The number of hydrogen-bond donors (Lipinski definition) is 1. The highest BCUT2D eigenvalue weighted by Gasteiger charge is 2.32. The molecule has 8 nitrogen and oxygen atoms in total. The maximum atomic E-state index is 12.9. The Morgan fingerprint density at radius 3 is 2.65 bits per heavy atom. The van der Waals surface area contributed by atoms with Crippen LogP contribution in [0.4, 0.5) is 4.79 Å². The van der Waals surface area contributed by atoms with E-state index in [0.717, 1.165) is 28.6 Å². The molecular weight excluding hydrogens is 410 g/mol. The number of aromatic nitrogens is 2. The van der Waals surface area contributed by atoms with Crippen LogP contribution >= 0.6 is 0 Å². The Bertz CT molecular complexity index is 937. The van der Waals surface area contributed by atoms with Crippen molar-refractivity contribution in [3.05, 3.63) is 41.6 Å². The molecule has 1 aromatic heterocycles. The summed E-state index contributed by atoms with van der Waals surface area (Å²) in [4.78, 5) is 28.1. The zero-order valence-electron chi connectivity index (χ0n) is 18.9. The number of nitrogens with two attached hydrogens (primary N) is 1. The highest BCUT2D eigenvalue weighted by atomic mass is 28.3. The van der Waals surface area contributed by atoms with Gasteiger partial charge in [0.1, 0.15) is 6.73 Å². The number of hydrogen-bond acceptors (Lipinski definition) is 5. The van der Waals surface area contributed by atoms with E-state index in [0.29, 0.717) is 32.7 Å². The van der Waals surface area contributed by atoms with E-state index in [1.54, 1.807) is 9.58 Å². The van der Waals surface area contributed by atoms with Crippen LogP contribution in [0.15, 0.2) is 30.3 Å². The number of benzene rings is 1. The molecule has 0 unspecified atom stereocenters. The largest absolute Gasteiger partial charge is 0.361 e. The molecule has 1 aromatic carbocycles. The van der Waals surface area contributed by atoms with Crippen molar-refractivity contribution < 1.29 is 14.3 Å². The van der Waals surface area contributed by atoms with Gasteiger partial charge in [0, 0.05) is 53.3 Å². The van der Waals surface area contributed by atoms with E-state index in [9.17, 15) is 9.59 Å². The lowest BCUT2D eigenvalue weighted by atomic mass is 10.1. The number of nitrogens with zero attached hydrogens (tertiary/aromatic N) is 4. The Balaban J connectivity index is 1.65. The fraction of sp³-hybridized carbons (Fsp3) is 0.500. The summed E-state index contributed by atoms with van der Waals surface area (Å²) in [5.41, 5.74) is 9.52. The molecule has 0 atom stereocenters. The van der Waals surface area contributed by atoms with E-state index >= 15 is 0 Å². The van der Waals surface area contributed by atoms with Crippen LogP contribution in [0.5, 0.6) is 0 Å². The van der Waals surface area contributed by atoms with E-state index in [-0.39, 0.29) is 18.7 Å². The Morgan fingerprint density at radius 1 is 1.19 bits per heavy atom. The summed E-state index contributed by atoms with van der Waals surface area (Å²) in [6.07, 6.45) is 0.308. The summed E-state index contributed by atoms with van der Waals surface area (Å²) < 4.78 is 7.44. The second kappa shape index (κ2) is 9.76. The van der Waals surface area contributed by atoms with E-state index in [1.807, 2.05) is 37.4 Å². The molecule has 1 aliphatic rings. The maximum Gasteiger partial charge on any atom is 0.328 e. The summed E-state index contributed by atoms with van der Waals surface area (Å²) in [5, 5.41) is 4.53. The van der Waals surface area contributed by atoms with Crippen molar-refractivity contribution in [2.45, 2.75) is 45.2 Å². The van der Waals surface area contributed by atoms with Gasteiger partial charge in [0.25, 0.3) is 0 Å². The number of aryl methyl sites for hydroxylation is 1. The second-order valence-electron chi connectivity index (χ2n) is 9.17. The van der Waals surface area contributed by atoms with E-state index < -0.39 is 8.07 Å². The Morgan fingerprint density at radius 2 is 1.97 bits per heavy atom. The minimum absolute atomic E-state index is 0.0223. The third-order valence-corrected chi connectivity index (χ3v) is 7.10. The molecule has 9 heteroatoms. The SMILES string of the molecule is Cn1nc(-c2cccc(CN3CCC(=O)N(COCC[Si](C)(C)C)C3=O)c2)cc1CN. The first-order chi connectivity index (χ1) is 14.7. The van der Waals surface area contributed by atoms with E-state index in [1.165, 1.54) is 4.90 Å². The fourth-order valence-corrected chi connectivity index (χ4v) is 4.19. The van der Waals surface area contributed by atoms with Gasteiger partial charge in [-0.3, -0.25) is 9.48 Å². The fourth-order valence-electron chi connectivity index (χ4n) is 3.43. The van der Waals surface area contributed by atoms with Crippen LogP contribution in [0.2, 0.25) is 25.7 Å². The van der Waals surface area contributed by atoms with Crippen LogP contribution in [0.3, 0.4) is 0 Å². The van der Waals surface area contributed by atoms with Crippen molar-refractivity contribution >= 4 is 20.0 Å². The molecular formula is C22H33N5O3Si. The van der Waals surface area contributed by atoms with Crippen LogP contribution in [-0.4, -0.2) is 59.5 Å². The molecule has 168 valence electrons. The monoisotopic (exact) mass is 443 g/mol. The van der Waals surface area contributed by atoms with Crippen LogP contribution in [-0.2, 0) is 29.7 Å². The van der Waals surface area contributed by atoms with Gasteiger partial charge in [-0.2, -0.15) is 5.10 Å². The van der Waals surface area contributed by atoms with Crippen molar-refractivity contribution in [2.75, 3.05) is 19.9 Å². The molecule has 1 saturated heterocycles. The third kappa shape index (κ3) is 6.02. The molecule has 0 radical (unpaired) electrons. The molecule has 1 fully saturated rings. The van der Waals surface area contributed by atoms with Crippen LogP contribution < -0.4 is 5.73 Å². The maximum absolute atomic E-state index is 12.9. The van der Waals surface area contributed by atoms with Gasteiger partial charge in [-0.1, -0.05) is 37.8 Å². The van der Waals surface area contributed by atoms with Gasteiger partial charge in [-0.25, -0.2) is 9.69 Å². The zero-order valence-corrected chi connectivity index (χ0v) is 19.9. The Kier molecular flexibility index (Phi) is 7.29. The lowest BCUT2D eigenvalue weighted by Crippen LogP contribution is -2.52. The molecule has 3 amide bonds. The standard InChI is InChI=1S/C22H33N5O3Si/c1-25-19(14-23)13-20(24-25)18-7-5-6-17(12-18)15-26-9-8-21(28)27(22(26)29)16-30-10-11-31(2,3)4/h5-7,12-13H,8-11,14-16,23H2,1-4H3. The van der Waals surface area contributed by atoms with Crippen molar-refractivity contribution in [1.29, 1.82) is 0 Å². The first kappa shape index (κ1) is 23.2. The lowest BCUT2D eigenvalue weighted by Gasteiger charge is -2.34. The van der Waals surface area contributed by atoms with Crippen molar-refractivity contribution in [1.82, 2.24) is 19.6 Å². The lowest BCUT2D eigenvalue weighted by molar-refractivity contribution is -0.135. The summed E-state index contributed by atoms with van der Waals surface area (Å²) in [7, 11) is 0.656. The molecule has 3 rings (SSSR count). The molecule has 2 aromatic rings. The number of amides is 3. The van der Waals surface area contributed by atoms with Crippen molar-refractivity contribution in [3.8, 4) is 11.3 Å². The minimum Gasteiger partial charge on any atom is -0.361 e. The first-order valence-electron chi connectivity index (χ1n) is 10.7. The normalized spacial score (nSPS) is 15.1. The number of urea groups is 1. The number of rotatable bonds is 9. The summed E-state index contributed by atoms with van der Waals surface area (Å²) >= 11 is 0. The van der Waals surface area contributed by atoms with Gasteiger partial charge in [-0.15, -0.1) is 0 Å². The van der Waals surface area contributed by atoms with Crippen LogP contribution in [0.1, 0.15) is 17.7 Å². The molecule has 2 N–H and O–H groups in total. The van der Waals surface area contributed by atoms with Crippen LogP contribution in [0.25, 0.3) is 11.3 Å². The third-order valence-electron chi connectivity index (χ3n) is 5.40. The molecule has 0 spiro atoms. The molecule has 0 saturated carbocycles. The molecule has 31 heavy (non-hydrogen) atoms. The molecule has 0 bridgehead atoms. The Labute approximate surface area is 185 Å². The van der Waals surface area contributed by atoms with Gasteiger partial charge in [0.15, 0.2) is 0 Å². The predicted molar refractivity (Wildman–Crippen MR) is 123 cm³/mol. The van der Waals surface area contributed by atoms with E-state index in [2.05, 4.69) is 24.7 Å². The molecule has 1 aliphatic heterocycles. The molecule has 2 heterocycles. The first-order valence-corrected chi connectivity index (χ1v) is 14.4. The van der Waals surface area contributed by atoms with Gasteiger partial charge < -0.3 is 15.4 Å². The topological polar surface area (TPSA) is 93.7 Å². The van der Waals surface area contributed by atoms with Gasteiger partial charge >= 0.3 is 6.03 Å². The van der Waals surface area contributed by atoms with E-state index in [4.69, 9.17) is 10.5 Å². The summed E-state index contributed by atoms with van der Waals surface area (Å²) in [6, 6.07) is 10.6. The van der Waals surface area contributed by atoms with Gasteiger partial charge in [-0.05, 0) is 23.7 Å². The quantitative estimate of drug-likeness (QED) is 0.475. The summed E-state index contributed by atoms with van der Waals surface area (Å²) in [5.74, 6) is -0.175. The van der Waals surface area contributed by atoms with Crippen molar-refractivity contribution in [2.24, 2.45) is 12.8 Å². The highest BCUT2D eigenvalue weighted by Crippen LogP contribution is 2.22. The number of ether oxygens (including phenoxy) is 1. The smallest absolute Gasteiger partial charge is 0.328 e. The number of carbonyl (C=O) groups excluding carboxylic acids is 2. The highest BCUT2D eigenvalue weighted by molar-refractivity contribution is 6.76. The second-order valence-corrected chi connectivity index (χ2v) is 14.8. The minimum atomic E-state index is -1.22.